The highest BCUT2D eigenvalue weighted by Gasteiger charge is 2.27. The SMILES string of the molecule is NC1CCCCCCC1C(=O)OCc1ccccc1. The lowest BCUT2D eigenvalue weighted by atomic mass is 9.87. The lowest BCUT2D eigenvalue weighted by Crippen LogP contribution is -2.37. The first-order chi connectivity index (χ1) is 9.27. The van der Waals surface area contributed by atoms with Crippen LogP contribution in [0.15, 0.2) is 30.3 Å². The summed E-state index contributed by atoms with van der Waals surface area (Å²) >= 11 is 0. The summed E-state index contributed by atoms with van der Waals surface area (Å²) in [6, 6.07) is 9.74. The molecule has 0 radical (unpaired) electrons. The van der Waals surface area contributed by atoms with Crippen LogP contribution in [0.2, 0.25) is 0 Å². The predicted octanol–water partition coefficient (Wildman–Crippen LogP) is 3.03. The minimum atomic E-state index is -0.127. The number of rotatable bonds is 3. The molecular formula is C16H23NO2. The number of ether oxygens (including phenoxy) is 1. The Labute approximate surface area is 115 Å². The highest BCUT2D eigenvalue weighted by molar-refractivity contribution is 5.73. The molecule has 1 fully saturated rings. The third-order valence-corrected chi connectivity index (χ3v) is 3.85. The van der Waals surface area contributed by atoms with E-state index in [1.807, 2.05) is 30.3 Å². The van der Waals surface area contributed by atoms with Gasteiger partial charge in [0.2, 0.25) is 0 Å². The molecular weight excluding hydrogens is 238 g/mol. The summed E-state index contributed by atoms with van der Waals surface area (Å²) in [6.07, 6.45) is 6.46. The fourth-order valence-electron chi connectivity index (χ4n) is 2.64. The molecule has 2 N–H and O–H groups in total. The van der Waals surface area contributed by atoms with Gasteiger partial charge >= 0.3 is 5.97 Å². The summed E-state index contributed by atoms with van der Waals surface area (Å²) in [5.74, 6) is -0.248. The first-order valence-electron chi connectivity index (χ1n) is 7.23. The Kier molecular flexibility index (Phi) is 5.40. The van der Waals surface area contributed by atoms with E-state index in [9.17, 15) is 4.79 Å². The van der Waals surface area contributed by atoms with Crippen molar-refractivity contribution in [3.8, 4) is 0 Å². The lowest BCUT2D eigenvalue weighted by molar-refractivity contribution is -0.151. The van der Waals surface area contributed by atoms with Gasteiger partial charge in [-0.15, -0.1) is 0 Å². The van der Waals surface area contributed by atoms with E-state index in [1.54, 1.807) is 0 Å². The second-order valence-electron chi connectivity index (χ2n) is 5.36. The third kappa shape index (κ3) is 4.35. The zero-order valence-electron chi connectivity index (χ0n) is 11.4. The van der Waals surface area contributed by atoms with Crippen LogP contribution in [0.25, 0.3) is 0 Å². The molecule has 0 saturated heterocycles. The van der Waals surface area contributed by atoms with Crippen LogP contribution >= 0.6 is 0 Å². The van der Waals surface area contributed by atoms with Gasteiger partial charge in [0.05, 0.1) is 5.92 Å². The zero-order chi connectivity index (χ0) is 13.5. The zero-order valence-corrected chi connectivity index (χ0v) is 11.4. The lowest BCUT2D eigenvalue weighted by Gasteiger charge is -2.24. The van der Waals surface area contributed by atoms with Crippen molar-refractivity contribution in [1.29, 1.82) is 0 Å². The van der Waals surface area contributed by atoms with Crippen molar-refractivity contribution in [3.05, 3.63) is 35.9 Å². The Bertz CT molecular complexity index is 391. The van der Waals surface area contributed by atoms with Gasteiger partial charge in [0.15, 0.2) is 0 Å². The molecule has 2 unspecified atom stereocenters. The molecule has 1 saturated carbocycles. The standard InChI is InChI=1S/C16H23NO2/c17-15-11-7-2-1-6-10-14(15)16(18)19-12-13-8-4-3-5-9-13/h3-5,8-9,14-15H,1-2,6-7,10-12,17H2. The largest absolute Gasteiger partial charge is 0.461 e. The van der Waals surface area contributed by atoms with Crippen LogP contribution in [0.3, 0.4) is 0 Å². The Morgan fingerprint density at radius 1 is 1.11 bits per heavy atom. The van der Waals surface area contributed by atoms with Crippen molar-refractivity contribution in [2.24, 2.45) is 11.7 Å². The molecule has 104 valence electrons. The molecule has 0 heterocycles. The van der Waals surface area contributed by atoms with Gasteiger partial charge in [-0.25, -0.2) is 0 Å². The number of hydrogen-bond acceptors (Lipinski definition) is 3. The van der Waals surface area contributed by atoms with E-state index in [0.29, 0.717) is 6.61 Å². The number of esters is 1. The second kappa shape index (κ2) is 7.29. The molecule has 1 aromatic carbocycles. The molecule has 0 bridgehead atoms. The smallest absolute Gasteiger partial charge is 0.310 e. The van der Waals surface area contributed by atoms with E-state index in [4.69, 9.17) is 10.5 Å². The molecule has 1 aromatic rings. The molecule has 3 nitrogen and oxygen atoms in total. The molecule has 0 aliphatic heterocycles. The van der Waals surface area contributed by atoms with Gasteiger partial charge in [-0.2, -0.15) is 0 Å². The molecule has 0 aromatic heterocycles. The summed E-state index contributed by atoms with van der Waals surface area (Å²) in [5, 5.41) is 0. The van der Waals surface area contributed by atoms with Crippen LogP contribution in [-0.4, -0.2) is 12.0 Å². The highest BCUT2D eigenvalue weighted by atomic mass is 16.5. The normalized spacial score (nSPS) is 24.3. The van der Waals surface area contributed by atoms with Gasteiger partial charge < -0.3 is 10.5 Å². The van der Waals surface area contributed by atoms with Crippen molar-refractivity contribution < 1.29 is 9.53 Å². The molecule has 2 rings (SSSR count). The maximum Gasteiger partial charge on any atom is 0.310 e. The van der Waals surface area contributed by atoms with E-state index in [-0.39, 0.29) is 17.9 Å². The van der Waals surface area contributed by atoms with E-state index >= 15 is 0 Å². The number of nitrogens with two attached hydrogens (primary N) is 1. The van der Waals surface area contributed by atoms with Gasteiger partial charge in [0.25, 0.3) is 0 Å². The number of hydrogen-bond donors (Lipinski definition) is 1. The van der Waals surface area contributed by atoms with Crippen molar-refractivity contribution in [2.75, 3.05) is 0 Å². The van der Waals surface area contributed by atoms with Crippen molar-refractivity contribution in [1.82, 2.24) is 0 Å². The summed E-state index contributed by atoms with van der Waals surface area (Å²) < 4.78 is 5.42. The van der Waals surface area contributed by atoms with E-state index in [0.717, 1.165) is 31.2 Å². The van der Waals surface area contributed by atoms with Crippen LogP contribution < -0.4 is 5.73 Å². The average molecular weight is 261 g/mol. The van der Waals surface area contributed by atoms with Crippen molar-refractivity contribution >= 4 is 5.97 Å². The minimum absolute atomic E-state index is 0.0384. The van der Waals surface area contributed by atoms with Crippen LogP contribution in [0.5, 0.6) is 0 Å². The Morgan fingerprint density at radius 2 is 1.79 bits per heavy atom. The molecule has 1 aliphatic rings. The fraction of sp³-hybridized carbons (Fsp3) is 0.562. The molecule has 0 amide bonds. The molecule has 3 heteroatoms. The topological polar surface area (TPSA) is 52.3 Å². The van der Waals surface area contributed by atoms with Crippen LogP contribution in [0.4, 0.5) is 0 Å². The maximum absolute atomic E-state index is 12.1. The number of carbonyl (C=O) groups is 1. The van der Waals surface area contributed by atoms with Gasteiger partial charge in [-0.05, 0) is 18.4 Å². The summed E-state index contributed by atoms with van der Waals surface area (Å²) in [6.45, 7) is 0.350. The summed E-state index contributed by atoms with van der Waals surface area (Å²) in [4.78, 5) is 12.1. The van der Waals surface area contributed by atoms with Gasteiger partial charge in [0, 0.05) is 6.04 Å². The molecule has 19 heavy (non-hydrogen) atoms. The van der Waals surface area contributed by atoms with Gasteiger partial charge in [0.1, 0.15) is 6.61 Å². The Hall–Kier alpha value is -1.35. The van der Waals surface area contributed by atoms with Crippen LogP contribution in [-0.2, 0) is 16.1 Å². The van der Waals surface area contributed by atoms with Crippen LogP contribution in [0.1, 0.15) is 44.1 Å². The predicted molar refractivity (Wildman–Crippen MR) is 75.4 cm³/mol. The minimum Gasteiger partial charge on any atom is -0.461 e. The molecule has 2 atom stereocenters. The Balaban J connectivity index is 1.86. The number of carbonyl (C=O) groups excluding carboxylic acids is 1. The van der Waals surface area contributed by atoms with Gasteiger partial charge in [-0.1, -0.05) is 56.0 Å². The van der Waals surface area contributed by atoms with Crippen molar-refractivity contribution in [3.63, 3.8) is 0 Å². The fourth-order valence-corrected chi connectivity index (χ4v) is 2.64. The Morgan fingerprint density at radius 3 is 2.53 bits per heavy atom. The van der Waals surface area contributed by atoms with E-state index in [1.165, 1.54) is 12.8 Å². The highest BCUT2D eigenvalue weighted by Crippen LogP contribution is 2.23. The summed E-state index contributed by atoms with van der Waals surface area (Å²) in [7, 11) is 0. The van der Waals surface area contributed by atoms with Crippen molar-refractivity contribution in [2.45, 2.75) is 51.2 Å². The molecule has 0 spiro atoms. The summed E-state index contributed by atoms with van der Waals surface area (Å²) in [5.41, 5.74) is 7.14. The first-order valence-corrected chi connectivity index (χ1v) is 7.23. The van der Waals surface area contributed by atoms with E-state index < -0.39 is 0 Å². The first kappa shape index (κ1) is 14.1. The number of benzene rings is 1. The van der Waals surface area contributed by atoms with Gasteiger partial charge in [-0.3, -0.25) is 4.79 Å². The average Bonchev–Trinajstić information content (AvgIpc) is 2.42. The quantitative estimate of drug-likeness (QED) is 0.851. The monoisotopic (exact) mass is 261 g/mol. The second-order valence-corrected chi connectivity index (χ2v) is 5.36. The maximum atomic E-state index is 12.1. The molecule has 1 aliphatic carbocycles. The van der Waals surface area contributed by atoms with Crippen LogP contribution in [0, 0.1) is 5.92 Å². The third-order valence-electron chi connectivity index (χ3n) is 3.85. The van der Waals surface area contributed by atoms with E-state index in [2.05, 4.69) is 0 Å².